The summed E-state index contributed by atoms with van der Waals surface area (Å²) in [5, 5.41) is 77.5. The Morgan fingerprint density at radius 2 is 0.727 bits per heavy atom. The van der Waals surface area contributed by atoms with Crippen molar-refractivity contribution < 1.29 is 72.9 Å². The number of carbonyl (C=O) groups excluding carboxylic acids is 11. The number of benzene rings is 4. The molecule has 4 aromatic rings. The summed E-state index contributed by atoms with van der Waals surface area (Å²) in [6.07, 6.45) is -0.782. The molecule has 0 aliphatic rings. The first-order chi connectivity index (χ1) is 47.2. The lowest BCUT2D eigenvalue weighted by molar-refractivity contribution is -0.138. The smallest absolute Gasteiger partial charge is 0.322 e. The molecule has 0 unspecified atom stereocenters. The van der Waals surface area contributed by atoms with Gasteiger partial charge in [-0.05, 0) is 67.0 Å². The van der Waals surface area contributed by atoms with E-state index in [0.29, 0.717) is 22.3 Å². The van der Waals surface area contributed by atoms with Gasteiger partial charge in [0.1, 0.15) is 72.7 Å². The Hall–Kier alpha value is -10.5. The summed E-state index contributed by atoms with van der Waals surface area (Å²) in [4.78, 5) is 164. The quantitative estimate of drug-likeness (QED) is 0.00855. The first-order valence-electron chi connectivity index (χ1n) is 31.3. The molecule has 0 saturated carbocycles. The number of carbonyl (C=O) groups is 12. The molecule has 0 spiro atoms. The maximum absolute atomic E-state index is 14.9. The number of amides is 11. The molecule has 0 aliphatic carbocycles. The Kier molecular flexibility index (Phi) is 35.1. The van der Waals surface area contributed by atoms with Crippen LogP contribution in [-0.4, -0.2) is 203 Å². The Morgan fingerprint density at radius 1 is 0.414 bits per heavy atom. The van der Waals surface area contributed by atoms with Crippen molar-refractivity contribution in [3.8, 4) is 5.75 Å². The molecular formula is C64H88N18O15S2. The van der Waals surface area contributed by atoms with Crippen LogP contribution < -0.4 is 86.3 Å². The molecule has 0 heterocycles. The Labute approximate surface area is 581 Å². The van der Waals surface area contributed by atoms with Crippen molar-refractivity contribution in [1.29, 1.82) is 10.8 Å². The number of nitrogens with two attached hydrogens (primary N) is 3. The summed E-state index contributed by atoms with van der Waals surface area (Å²) < 4.78 is 0. The van der Waals surface area contributed by atoms with Crippen molar-refractivity contribution in [2.45, 2.75) is 119 Å². The second-order valence-electron chi connectivity index (χ2n) is 22.6. The van der Waals surface area contributed by atoms with E-state index in [9.17, 15) is 67.7 Å². The number of thiol groups is 2. The minimum atomic E-state index is -1.79. The predicted molar refractivity (Wildman–Crippen MR) is 370 cm³/mol. The number of carboxylic acids is 1. The molecule has 10 atom stereocenters. The summed E-state index contributed by atoms with van der Waals surface area (Å²) in [6.45, 7) is -0.998. The molecule has 99 heavy (non-hydrogen) atoms. The number of guanidine groups is 2. The van der Waals surface area contributed by atoms with Crippen LogP contribution in [0.3, 0.4) is 0 Å². The highest BCUT2D eigenvalue weighted by Gasteiger charge is 2.36. The van der Waals surface area contributed by atoms with Crippen LogP contribution >= 0.6 is 25.3 Å². The van der Waals surface area contributed by atoms with E-state index in [-0.39, 0.29) is 87.7 Å². The molecule has 0 aromatic heterocycles. The van der Waals surface area contributed by atoms with Crippen LogP contribution in [0, 0.1) is 10.8 Å². The first-order valence-corrected chi connectivity index (χ1v) is 32.6. The summed E-state index contributed by atoms with van der Waals surface area (Å²) in [7, 11) is 0. The van der Waals surface area contributed by atoms with Crippen molar-refractivity contribution in [1.82, 2.24) is 69.1 Å². The van der Waals surface area contributed by atoms with E-state index < -0.39 is 157 Å². The van der Waals surface area contributed by atoms with Gasteiger partial charge >= 0.3 is 5.97 Å². The van der Waals surface area contributed by atoms with Crippen LogP contribution in [-0.2, 0) is 83.2 Å². The minimum Gasteiger partial charge on any atom is -0.508 e. The van der Waals surface area contributed by atoms with Gasteiger partial charge in [0.15, 0.2) is 11.9 Å². The number of rotatable bonds is 42. The topological polar surface area (TPSA) is 548 Å². The molecular weight excluding hydrogens is 1320 g/mol. The van der Waals surface area contributed by atoms with Crippen molar-refractivity contribution in [3.05, 3.63) is 138 Å². The van der Waals surface area contributed by atoms with E-state index in [2.05, 4.69) is 94.4 Å². The number of aliphatic hydroxyl groups is 1. The number of phenols is 1. The second kappa shape index (κ2) is 42.9. The zero-order valence-corrected chi connectivity index (χ0v) is 56.0. The van der Waals surface area contributed by atoms with Gasteiger partial charge in [-0.1, -0.05) is 103 Å². The predicted octanol–water partition coefficient (Wildman–Crippen LogP) is -4.93. The monoisotopic (exact) mass is 1410 g/mol. The van der Waals surface area contributed by atoms with Gasteiger partial charge in [-0.15, -0.1) is 0 Å². The van der Waals surface area contributed by atoms with Gasteiger partial charge in [0.2, 0.25) is 65.0 Å². The largest absolute Gasteiger partial charge is 0.508 e. The van der Waals surface area contributed by atoms with E-state index >= 15 is 0 Å². The summed E-state index contributed by atoms with van der Waals surface area (Å²) >= 11 is 8.48. The van der Waals surface area contributed by atoms with Gasteiger partial charge in [0.05, 0.1) is 13.2 Å². The van der Waals surface area contributed by atoms with Gasteiger partial charge in [-0.25, -0.2) is 0 Å². The Morgan fingerprint density at radius 3 is 1.09 bits per heavy atom. The average molecular weight is 1410 g/mol. The third kappa shape index (κ3) is 29.8. The summed E-state index contributed by atoms with van der Waals surface area (Å²) in [5.74, 6) is -12.9. The Balaban J connectivity index is 1.59. The molecule has 0 saturated heterocycles. The van der Waals surface area contributed by atoms with Crippen molar-refractivity contribution in [2.75, 3.05) is 44.3 Å². The number of hydrogen-bond acceptors (Lipinski definition) is 19. The summed E-state index contributed by atoms with van der Waals surface area (Å²) in [5.41, 5.74) is 18.7. The molecule has 35 heteroatoms. The maximum Gasteiger partial charge on any atom is 0.322 e. The number of hydrogen-bond donors (Lipinski definition) is 23. The zero-order valence-electron chi connectivity index (χ0n) is 54.2. The average Bonchev–Trinajstić information content (AvgIpc) is 0.916. The number of aromatic hydroxyl groups is 1. The highest BCUT2D eigenvalue weighted by Crippen LogP contribution is 2.14. The van der Waals surface area contributed by atoms with Crippen LogP contribution in [0.25, 0.3) is 0 Å². The molecule has 0 fully saturated rings. The minimum absolute atomic E-state index is 0.00349. The van der Waals surface area contributed by atoms with Crippen LogP contribution in [0.5, 0.6) is 5.75 Å². The number of carboxylic acid groups (broad SMARTS) is 1. The van der Waals surface area contributed by atoms with Crippen LogP contribution in [0.15, 0.2) is 115 Å². The first kappa shape index (κ1) is 80.9. The van der Waals surface area contributed by atoms with Gasteiger partial charge in [-0.3, -0.25) is 68.4 Å². The van der Waals surface area contributed by atoms with Crippen LogP contribution in [0.2, 0.25) is 0 Å². The third-order valence-corrected chi connectivity index (χ3v) is 15.5. The highest BCUT2D eigenvalue weighted by atomic mass is 32.1. The molecule has 0 aliphatic heterocycles. The molecule has 0 bridgehead atoms. The fourth-order valence-electron chi connectivity index (χ4n) is 9.55. The van der Waals surface area contributed by atoms with Gasteiger partial charge in [-0.2, -0.15) is 25.3 Å². The second-order valence-corrected chi connectivity index (χ2v) is 23.3. The van der Waals surface area contributed by atoms with Crippen molar-refractivity contribution in [2.24, 2.45) is 17.2 Å². The van der Waals surface area contributed by atoms with Crippen molar-refractivity contribution in [3.63, 3.8) is 0 Å². The molecule has 4 aromatic carbocycles. The fourth-order valence-corrected chi connectivity index (χ4v) is 10.1. The SMILES string of the molecule is C[C@H](NC(=O)[C@H](CO)NC(=O)[C@H](CCCNC(=N)N)NC(=O)[C@H](Cc1ccccc1)NC(=O)[C@H](Cc1ccccc1)NC(=O)[C@H](CCCNC(=N)N)NC(=O)[C@H](CS)NC(=O)[C@H](Cc1ccc(O)cc1)NC(=O)CN)C(=O)N[C@@H](CS)C(=O)N[C@@H](Cc1ccccc1)C(=O)NCC(=O)O. The molecule has 24 N–H and O–H groups in total. The molecule has 0 radical (unpaired) electrons. The van der Waals surface area contributed by atoms with Gasteiger partial charge in [0, 0.05) is 50.3 Å². The van der Waals surface area contributed by atoms with Crippen molar-refractivity contribution >= 4 is 108 Å². The lowest BCUT2D eigenvalue weighted by Gasteiger charge is -2.28. The van der Waals surface area contributed by atoms with E-state index in [4.69, 9.17) is 33.1 Å². The molecule has 33 nitrogen and oxygen atoms in total. The lowest BCUT2D eigenvalue weighted by Crippen LogP contribution is -2.61. The fraction of sp³-hybridized carbons (Fsp3) is 0.406. The molecule has 11 amide bonds. The molecule has 536 valence electrons. The number of aliphatic hydroxyl groups excluding tert-OH is 1. The summed E-state index contributed by atoms with van der Waals surface area (Å²) in [6, 6.07) is 16.3. The van der Waals surface area contributed by atoms with E-state index in [1.165, 1.54) is 31.2 Å². The third-order valence-electron chi connectivity index (χ3n) is 14.8. The zero-order chi connectivity index (χ0) is 73.0. The van der Waals surface area contributed by atoms with E-state index in [0.717, 1.165) is 0 Å². The Bertz CT molecular complexity index is 3390. The number of phenolic OH excluding ortho intramolecular Hbond substituents is 1. The lowest BCUT2D eigenvalue weighted by atomic mass is 10.0. The van der Waals surface area contributed by atoms with Gasteiger partial charge in [0.25, 0.3) is 0 Å². The number of nitrogens with one attached hydrogen (secondary N) is 15. The van der Waals surface area contributed by atoms with E-state index in [1.807, 2.05) is 0 Å². The highest BCUT2D eigenvalue weighted by molar-refractivity contribution is 7.80. The van der Waals surface area contributed by atoms with Gasteiger partial charge < -0.3 is 102 Å². The van der Waals surface area contributed by atoms with E-state index in [1.54, 1.807) is 91.0 Å². The molecule has 4 rings (SSSR count). The van der Waals surface area contributed by atoms with Crippen LogP contribution in [0.4, 0.5) is 0 Å². The number of aliphatic carboxylic acids is 1. The normalized spacial score (nSPS) is 13.8. The van der Waals surface area contributed by atoms with Crippen LogP contribution in [0.1, 0.15) is 54.9 Å². The maximum atomic E-state index is 14.9. The standard InChI is InChI=1S/C64H88N18O15S2/c1-36(53(88)81-49(34-98)62(97)77-44(54(89)72-32-52(86)87)27-37-13-5-2-6-14-37)73-60(95)48(33-83)80-56(91)43(20-12-26-71-64(68)69)75-58(93)46(28-38-15-7-3-8-16-38)79-59(94)47(29-39-17-9-4-10-18-39)78-55(90)42(19-11-25-70-63(66)67)76-61(96)50(35-99)82-57(92)45(74-51(85)31-65)30-40-21-23-41(84)24-22-40/h2-10,13-18,21-24,36,42-50,83-84,98-99H,11-12,19-20,25-35,65H2,1H3,(H,72,89)(H,73,95)(H,74,85)(H,75,93)(H,76,96)(H,77,97)(H,78,90)(H,79,94)(H,80,91)(H,81,88)(H,82,92)(H,86,87)(H4,66,67,70)(H4,68,69,71)/t36-,42-,43-,44-,45-,46-,47-,48-,49-,50-/m0/s1.